The molecule has 0 bridgehead atoms. The molecule has 0 spiro atoms. The molecular formula is C18H20ClNO6S. The summed E-state index contributed by atoms with van der Waals surface area (Å²) in [4.78, 5) is 11.9. The lowest BCUT2D eigenvalue weighted by molar-refractivity contribution is 0.0526. The van der Waals surface area contributed by atoms with Crippen LogP contribution < -0.4 is 13.8 Å². The van der Waals surface area contributed by atoms with Crippen LogP contribution in [0.3, 0.4) is 0 Å². The smallest absolute Gasteiger partial charge is 0.339 e. The minimum atomic E-state index is -3.89. The van der Waals surface area contributed by atoms with Gasteiger partial charge in [0.1, 0.15) is 0 Å². The summed E-state index contributed by atoms with van der Waals surface area (Å²) in [5.74, 6) is 0.142. The highest BCUT2D eigenvalue weighted by Crippen LogP contribution is 2.32. The van der Waals surface area contributed by atoms with Gasteiger partial charge in [0, 0.05) is 13.1 Å². The first-order chi connectivity index (χ1) is 12.8. The number of esters is 1. The van der Waals surface area contributed by atoms with Crippen LogP contribution in [0.15, 0.2) is 41.3 Å². The fourth-order valence-electron chi connectivity index (χ4n) is 2.35. The van der Waals surface area contributed by atoms with E-state index in [4.69, 9.17) is 25.8 Å². The van der Waals surface area contributed by atoms with Crippen molar-refractivity contribution in [3.63, 3.8) is 0 Å². The zero-order chi connectivity index (χ0) is 20.2. The molecule has 2 aromatic rings. The zero-order valence-electron chi connectivity index (χ0n) is 15.4. The van der Waals surface area contributed by atoms with Crippen molar-refractivity contribution in [3.05, 3.63) is 47.0 Å². The zero-order valence-corrected chi connectivity index (χ0v) is 16.9. The first kappa shape index (κ1) is 20.9. The van der Waals surface area contributed by atoms with E-state index in [1.54, 1.807) is 6.92 Å². The third-order valence-corrected chi connectivity index (χ3v) is 5.92. The van der Waals surface area contributed by atoms with Crippen LogP contribution in [0.25, 0.3) is 0 Å². The molecule has 7 nitrogen and oxygen atoms in total. The Bertz CT molecular complexity index is 945. The van der Waals surface area contributed by atoms with Crippen LogP contribution in [0.1, 0.15) is 17.3 Å². The summed E-state index contributed by atoms with van der Waals surface area (Å²) in [5.41, 5.74) is 0.460. The molecule has 9 heteroatoms. The molecule has 0 atom stereocenters. The number of nitrogens with zero attached hydrogens (tertiary/aromatic N) is 1. The van der Waals surface area contributed by atoms with Crippen LogP contribution in [-0.4, -0.2) is 42.3 Å². The van der Waals surface area contributed by atoms with Gasteiger partial charge in [-0.2, -0.15) is 0 Å². The quantitative estimate of drug-likeness (QED) is 0.647. The average molecular weight is 414 g/mol. The predicted octanol–water partition coefficient (Wildman–Crippen LogP) is 3.36. The number of rotatable bonds is 7. The Morgan fingerprint density at radius 2 is 1.74 bits per heavy atom. The number of methoxy groups -OCH3 is 2. The first-order valence-electron chi connectivity index (χ1n) is 7.93. The van der Waals surface area contributed by atoms with E-state index >= 15 is 0 Å². The summed E-state index contributed by atoms with van der Waals surface area (Å²) in [6.07, 6.45) is 0. The molecule has 0 aliphatic carbocycles. The Labute approximate surface area is 163 Å². The molecule has 0 amide bonds. The van der Waals surface area contributed by atoms with Crippen molar-refractivity contribution < 1.29 is 27.4 Å². The summed E-state index contributed by atoms with van der Waals surface area (Å²) in [6.45, 7) is 1.90. The lowest BCUT2D eigenvalue weighted by Gasteiger charge is -2.21. The number of anilines is 1. The number of hydrogen-bond donors (Lipinski definition) is 0. The maximum atomic E-state index is 12.9. The summed E-state index contributed by atoms with van der Waals surface area (Å²) in [5, 5.41) is 0.0975. The summed E-state index contributed by atoms with van der Waals surface area (Å²) < 4.78 is 42.1. The van der Waals surface area contributed by atoms with Crippen molar-refractivity contribution in [2.24, 2.45) is 0 Å². The molecule has 27 heavy (non-hydrogen) atoms. The van der Waals surface area contributed by atoms with Gasteiger partial charge >= 0.3 is 5.97 Å². The van der Waals surface area contributed by atoms with Gasteiger partial charge in [-0.1, -0.05) is 11.6 Å². The van der Waals surface area contributed by atoms with E-state index in [-0.39, 0.29) is 22.1 Å². The summed E-state index contributed by atoms with van der Waals surface area (Å²) >= 11 is 6.13. The average Bonchev–Trinajstić information content (AvgIpc) is 2.66. The van der Waals surface area contributed by atoms with Crippen LogP contribution in [-0.2, 0) is 14.8 Å². The van der Waals surface area contributed by atoms with Gasteiger partial charge in [0.15, 0.2) is 11.5 Å². The Kier molecular flexibility index (Phi) is 6.56. The highest BCUT2D eigenvalue weighted by Gasteiger charge is 2.24. The van der Waals surface area contributed by atoms with Gasteiger partial charge in [-0.05, 0) is 37.3 Å². The second kappa shape index (κ2) is 8.49. The van der Waals surface area contributed by atoms with E-state index in [0.29, 0.717) is 17.2 Å². The third kappa shape index (κ3) is 4.28. The van der Waals surface area contributed by atoms with E-state index in [9.17, 15) is 13.2 Å². The van der Waals surface area contributed by atoms with Crippen molar-refractivity contribution in [1.82, 2.24) is 0 Å². The number of carbonyl (C=O) groups is 1. The number of carbonyl (C=O) groups excluding carboxylic acids is 1. The summed E-state index contributed by atoms with van der Waals surface area (Å²) in [7, 11) is 0.390. The highest BCUT2D eigenvalue weighted by atomic mass is 35.5. The second-order valence-electron chi connectivity index (χ2n) is 5.37. The molecule has 0 fully saturated rings. The van der Waals surface area contributed by atoms with Gasteiger partial charge in [0.05, 0.1) is 42.0 Å². The van der Waals surface area contributed by atoms with Crippen molar-refractivity contribution in [2.75, 3.05) is 32.2 Å². The molecule has 0 aromatic heterocycles. The van der Waals surface area contributed by atoms with Crippen LogP contribution in [0.4, 0.5) is 5.69 Å². The Hall–Kier alpha value is -2.45. The van der Waals surface area contributed by atoms with Gasteiger partial charge in [-0.25, -0.2) is 13.2 Å². The first-order valence-corrected chi connectivity index (χ1v) is 9.75. The predicted molar refractivity (Wildman–Crippen MR) is 103 cm³/mol. The lowest BCUT2D eigenvalue weighted by Crippen LogP contribution is -2.26. The van der Waals surface area contributed by atoms with E-state index in [0.717, 1.165) is 4.31 Å². The fraction of sp³-hybridized carbons (Fsp3) is 0.278. The normalized spacial score (nSPS) is 11.0. The maximum Gasteiger partial charge on any atom is 0.339 e. The number of benzene rings is 2. The Balaban J connectivity index is 2.40. The van der Waals surface area contributed by atoms with Crippen molar-refractivity contribution in [3.8, 4) is 11.5 Å². The Morgan fingerprint density at radius 1 is 1.07 bits per heavy atom. The number of ether oxygens (including phenoxy) is 3. The van der Waals surface area contributed by atoms with Crippen LogP contribution in [0.2, 0.25) is 5.02 Å². The largest absolute Gasteiger partial charge is 0.493 e. The summed E-state index contributed by atoms with van der Waals surface area (Å²) in [6, 6.07) is 8.61. The van der Waals surface area contributed by atoms with Gasteiger partial charge < -0.3 is 14.2 Å². The molecular weight excluding hydrogens is 394 g/mol. The molecule has 0 aliphatic heterocycles. The van der Waals surface area contributed by atoms with E-state index in [1.807, 2.05) is 0 Å². The van der Waals surface area contributed by atoms with Crippen molar-refractivity contribution in [1.29, 1.82) is 0 Å². The molecule has 0 radical (unpaired) electrons. The van der Waals surface area contributed by atoms with Crippen molar-refractivity contribution in [2.45, 2.75) is 11.8 Å². The highest BCUT2D eigenvalue weighted by molar-refractivity contribution is 7.92. The number of hydrogen-bond acceptors (Lipinski definition) is 6. The molecule has 0 aliphatic rings. The molecule has 0 saturated heterocycles. The molecule has 2 aromatic carbocycles. The molecule has 146 valence electrons. The molecule has 0 unspecified atom stereocenters. The second-order valence-corrected chi connectivity index (χ2v) is 7.75. The van der Waals surface area contributed by atoms with Crippen LogP contribution in [0.5, 0.6) is 11.5 Å². The maximum absolute atomic E-state index is 12.9. The Morgan fingerprint density at radius 3 is 2.30 bits per heavy atom. The van der Waals surface area contributed by atoms with E-state index in [1.165, 1.54) is 57.7 Å². The molecule has 0 heterocycles. The number of halogens is 1. The van der Waals surface area contributed by atoms with Crippen LogP contribution in [0, 0.1) is 0 Å². The molecule has 0 saturated carbocycles. The van der Waals surface area contributed by atoms with E-state index in [2.05, 4.69) is 0 Å². The van der Waals surface area contributed by atoms with Gasteiger partial charge in [0.25, 0.3) is 10.0 Å². The lowest BCUT2D eigenvalue weighted by atomic mass is 10.2. The van der Waals surface area contributed by atoms with Gasteiger partial charge in [-0.15, -0.1) is 0 Å². The van der Waals surface area contributed by atoms with E-state index < -0.39 is 16.0 Å². The SMILES string of the molecule is CCOC(=O)c1ccc(N(C)S(=O)(=O)c2ccc(OC)c(OC)c2)cc1Cl. The third-order valence-electron chi connectivity index (χ3n) is 3.83. The van der Waals surface area contributed by atoms with Crippen molar-refractivity contribution >= 4 is 33.3 Å². The molecule has 0 N–H and O–H groups in total. The van der Waals surface area contributed by atoms with Gasteiger partial charge in [-0.3, -0.25) is 4.31 Å². The molecule has 2 rings (SSSR count). The fourth-order valence-corrected chi connectivity index (χ4v) is 3.80. The van der Waals surface area contributed by atoms with Gasteiger partial charge in [0.2, 0.25) is 0 Å². The minimum Gasteiger partial charge on any atom is -0.493 e. The van der Waals surface area contributed by atoms with Crippen LogP contribution >= 0.6 is 11.6 Å². The minimum absolute atomic E-state index is 0.0215. The monoisotopic (exact) mass is 413 g/mol. The standard InChI is InChI=1S/C18H20ClNO6S/c1-5-26-18(21)14-8-6-12(10-15(14)19)20(2)27(22,23)13-7-9-16(24-3)17(11-13)25-4/h6-11H,5H2,1-4H3. The topological polar surface area (TPSA) is 82.1 Å². The number of sulfonamides is 1.